The van der Waals surface area contributed by atoms with E-state index in [9.17, 15) is 50.2 Å². The summed E-state index contributed by atoms with van der Waals surface area (Å²) in [6.07, 6.45) is -9.95. The van der Waals surface area contributed by atoms with Crippen molar-refractivity contribution in [3.63, 3.8) is 0 Å². The third kappa shape index (κ3) is 7.59. The zero-order valence-electron chi connectivity index (χ0n) is 25.1. The Labute approximate surface area is 255 Å². The van der Waals surface area contributed by atoms with Gasteiger partial charge in [-0.25, -0.2) is 4.39 Å². The molecule has 2 unspecified atom stereocenters. The number of aliphatic hydroxyl groups is 1. The van der Waals surface area contributed by atoms with Gasteiger partial charge in [0, 0.05) is 51.6 Å². The molecular weight excluding hydrogens is 611 g/mol. The van der Waals surface area contributed by atoms with Crippen molar-refractivity contribution in [2.45, 2.75) is 57.6 Å². The second kappa shape index (κ2) is 12.3. The zero-order chi connectivity index (χ0) is 33.6. The average molecular weight is 646 g/mol. The Balaban J connectivity index is 1.56. The van der Waals surface area contributed by atoms with Gasteiger partial charge in [0.05, 0.1) is 17.0 Å². The molecule has 0 bridgehead atoms. The number of likely N-dealkylation sites (tertiary alicyclic amines) is 2. The van der Waals surface area contributed by atoms with Crippen molar-refractivity contribution in [2.24, 2.45) is 11.8 Å². The van der Waals surface area contributed by atoms with Gasteiger partial charge in [-0.05, 0) is 74.2 Å². The summed E-state index contributed by atoms with van der Waals surface area (Å²) in [7, 11) is 1.28. The molecule has 0 spiro atoms. The number of carbonyl (C=O) groups excluding carboxylic acids is 3. The maximum atomic E-state index is 14.0. The van der Waals surface area contributed by atoms with Crippen molar-refractivity contribution in [1.29, 1.82) is 0 Å². The van der Waals surface area contributed by atoms with Crippen LogP contribution in [0.15, 0.2) is 36.4 Å². The number of hydrogen-bond donors (Lipinski definition) is 1. The van der Waals surface area contributed by atoms with E-state index in [1.807, 2.05) is 0 Å². The molecule has 2 aliphatic heterocycles. The molecule has 7 nitrogen and oxygen atoms in total. The van der Waals surface area contributed by atoms with Crippen LogP contribution in [-0.2, 0) is 33.3 Å². The lowest BCUT2D eigenvalue weighted by Gasteiger charge is -2.45. The third-order valence-electron chi connectivity index (χ3n) is 8.36. The van der Waals surface area contributed by atoms with Crippen LogP contribution in [0.2, 0.25) is 0 Å². The van der Waals surface area contributed by atoms with Crippen LogP contribution in [0.3, 0.4) is 0 Å². The van der Waals surface area contributed by atoms with Crippen LogP contribution in [0.25, 0.3) is 0 Å². The molecule has 1 N–H and O–H groups in total. The Morgan fingerprint density at radius 3 is 2.00 bits per heavy atom. The highest BCUT2D eigenvalue weighted by atomic mass is 19.4. The number of amides is 3. The number of piperidine rings is 1. The third-order valence-corrected chi connectivity index (χ3v) is 8.36. The van der Waals surface area contributed by atoms with E-state index in [1.165, 1.54) is 44.0 Å². The van der Waals surface area contributed by atoms with Crippen molar-refractivity contribution < 1.29 is 50.2 Å². The number of aryl methyl sites for hydroxylation is 1. The molecule has 2 fully saturated rings. The molecule has 2 aromatic carbocycles. The highest BCUT2D eigenvalue weighted by molar-refractivity contribution is 5.88. The van der Waals surface area contributed by atoms with Gasteiger partial charge in [-0.15, -0.1) is 0 Å². The van der Waals surface area contributed by atoms with E-state index >= 15 is 0 Å². The molecule has 0 saturated carbocycles. The summed E-state index contributed by atoms with van der Waals surface area (Å²) in [5, 5.41) is 9.97. The van der Waals surface area contributed by atoms with E-state index in [2.05, 4.69) is 0 Å². The summed E-state index contributed by atoms with van der Waals surface area (Å²) in [6, 6.07) is 5.15. The molecule has 45 heavy (non-hydrogen) atoms. The monoisotopic (exact) mass is 645 g/mol. The van der Waals surface area contributed by atoms with Crippen LogP contribution < -0.4 is 0 Å². The molecule has 2 saturated heterocycles. The van der Waals surface area contributed by atoms with Crippen LogP contribution in [0, 0.1) is 24.6 Å². The first kappa shape index (κ1) is 34.2. The molecule has 0 aromatic heterocycles. The largest absolute Gasteiger partial charge is 0.416 e. The zero-order valence-corrected chi connectivity index (χ0v) is 25.1. The fourth-order valence-corrected chi connectivity index (χ4v) is 6.01. The van der Waals surface area contributed by atoms with E-state index in [0.717, 1.165) is 4.90 Å². The molecule has 2 aromatic rings. The molecule has 4 rings (SSSR count). The van der Waals surface area contributed by atoms with E-state index in [0.29, 0.717) is 23.3 Å². The highest BCUT2D eigenvalue weighted by Crippen LogP contribution is 2.39. The molecule has 2 aliphatic rings. The Morgan fingerprint density at radius 1 is 0.911 bits per heavy atom. The first-order valence-corrected chi connectivity index (χ1v) is 14.3. The number of nitrogens with zero attached hydrogens (tertiary/aromatic N) is 3. The minimum Gasteiger partial charge on any atom is -0.381 e. The number of alkyl halides is 6. The second-order valence-electron chi connectivity index (χ2n) is 12.4. The summed E-state index contributed by atoms with van der Waals surface area (Å²) < 4.78 is 94.3. The summed E-state index contributed by atoms with van der Waals surface area (Å²) >= 11 is 0. The van der Waals surface area contributed by atoms with E-state index in [1.54, 1.807) is 11.8 Å². The second-order valence-corrected chi connectivity index (χ2v) is 12.4. The molecule has 2 heterocycles. The van der Waals surface area contributed by atoms with E-state index in [4.69, 9.17) is 0 Å². The predicted octanol–water partition coefficient (Wildman–Crippen LogP) is 4.99. The van der Waals surface area contributed by atoms with Crippen LogP contribution in [0.4, 0.5) is 30.7 Å². The SMILES string of the molecule is Cc1cc(F)ccc1C1CN(C(=O)C2CN(C(=O)C(C)(C)O)C2)CCC1C(=O)N(C)Cc1cc(C(F)(F)F)cc(C(F)(F)F)c1. The lowest BCUT2D eigenvalue weighted by molar-refractivity contribution is -0.160. The minimum atomic E-state index is -5.04. The maximum absolute atomic E-state index is 14.0. The van der Waals surface area contributed by atoms with Gasteiger partial charge in [0.1, 0.15) is 11.4 Å². The molecule has 3 amide bonds. The number of hydrogen-bond acceptors (Lipinski definition) is 4. The van der Waals surface area contributed by atoms with Gasteiger partial charge in [0.15, 0.2) is 0 Å². The minimum absolute atomic E-state index is 0.0211. The topological polar surface area (TPSA) is 81.2 Å². The normalized spacial score (nSPS) is 19.7. The van der Waals surface area contributed by atoms with Crippen LogP contribution in [0.1, 0.15) is 54.0 Å². The average Bonchev–Trinajstić information content (AvgIpc) is 2.89. The molecule has 2 atom stereocenters. The fraction of sp³-hybridized carbons (Fsp3) is 0.516. The summed E-state index contributed by atoms with van der Waals surface area (Å²) in [5.41, 5.74) is -3.84. The summed E-state index contributed by atoms with van der Waals surface area (Å²) in [6.45, 7) is 4.21. The van der Waals surface area contributed by atoms with Gasteiger partial charge >= 0.3 is 12.4 Å². The Morgan fingerprint density at radius 2 is 1.49 bits per heavy atom. The Bertz CT molecular complexity index is 1430. The molecular formula is C31H34F7N3O4. The van der Waals surface area contributed by atoms with Gasteiger partial charge in [0.2, 0.25) is 11.8 Å². The van der Waals surface area contributed by atoms with Crippen LogP contribution in [0.5, 0.6) is 0 Å². The number of halogens is 7. The first-order valence-electron chi connectivity index (χ1n) is 14.3. The van der Waals surface area contributed by atoms with Crippen molar-refractivity contribution >= 4 is 17.7 Å². The molecule has 0 radical (unpaired) electrons. The van der Waals surface area contributed by atoms with Crippen LogP contribution in [-0.4, -0.2) is 76.4 Å². The smallest absolute Gasteiger partial charge is 0.381 e. The molecule has 0 aliphatic carbocycles. The van der Waals surface area contributed by atoms with Crippen molar-refractivity contribution in [1.82, 2.24) is 14.7 Å². The molecule has 246 valence electrons. The lowest BCUT2D eigenvalue weighted by atomic mass is 9.77. The summed E-state index contributed by atoms with van der Waals surface area (Å²) in [5.74, 6) is -3.83. The number of carbonyl (C=O) groups is 3. The van der Waals surface area contributed by atoms with Gasteiger partial charge in [-0.3, -0.25) is 14.4 Å². The Kier molecular flexibility index (Phi) is 9.31. The van der Waals surface area contributed by atoms with Crippen molar-refractivity contribution in [2.75, 3.05) is 33.2 Å². The number of benzene rings is 2. The first-order chi connectivity index (χ1) is 20.7. The van der Waals surface area contributed by atoms with Gasteiger partial charge in [-0.1, -0.05) is 6.07 Å². The van der Waals surface area contributed by atoms with Gasteiger partial charge in [0.25, 0.3) is 5.91 Å². The van der Waals surface area contributed by atoms with Crippen molar-refractivity contribution in [3.8, 4) is 0 Å². The highest BCUT2D eigenvalue weighted by Gasteiger charge is 2.45. The number of rotatable bonds is 6. The van der Waals surface area contributed by atoms with Gasteiger partial charge in [-0.2, -0.15) is 26.3 Å². The Hall–Kier alpha value is -3.68. The maximum Gasteiger partial charge on any atom is 0.416 e. The lowest BCUT2D eigenvalue weighted by Crippen LogP contribution is -2.61. The predicted molar refractivity (Wildman–Crippen MR) is 148 cm³/mol. The van der Waals surface area contributed by atoms with E-state index < -0.39 is 71.0 Å². The van der Waals surface area contributed by atoms with E-state index in [-0.39, 0.29) is 50.1 Å². The quantitative estimate of drug-likeness (QED) is 0.449. The van der Waals surface area contributed by atoms with Crippen LogP contribution >= 0.6 is 0 Å². The fourth-order valence-electron chi connectivity index (χ4n) is 6.01. The summed E-state index contributed by atoms with van der Waals surface area (Å²) in [4.78, 5) is 43.4. The standard InChI is InChI=1S/C31H34F7N3O4/c1-17-9-22(32)5-6-23(17)25-16-40(26(42)19-14-41(15-19)28(44)29(2,3)45)8-7-24(25)27(43)39(4)13-18-10-20(30(33,34)35)12-21(11-18)31(36,37)38/h5-6,9-12,19,24-25,45H,7-8,13-16H2,1-4H3. The van der Waals surface area contributed by atoms with Gasteiger partial charge < -0.3 is 19.8 Å². The van der Waals surface area contributed by atoms with Crippen molar-refractivity contribution in [3.05, 3.63) is 70.0 Å². The molecule has 14 heteroatoms.